The summed E-state index contributed by atoms with van der Waals surface area (Å²) in [6.45, 7) is -0.101. The first-order valence-electron chi connectivity index (χ1n) is 9.49. The van der Waals surface area contributed by atoms with Crippen molar-refractivity contribution in [3.05, 3.63) is 83.6 Å². The van der Waals surface area contributed by atoms with Gasteiger partial charge in [0.25, 0.3) is 11.8 Å². The van der Waals surface area contributed by atoms with E-state index in [-0.39, 0.29) is 24.8 Å². The van der Waals surface area contributed by atoms with E-state index in [0.717, 1.165) is 5.56 Å². The summed E-state index contributed by atoms with van der Waals surface area (Å²) in [5.41, 5.74) is 1.31. The SMILES string of the molecule is O=C(CNC(=O)c1ccco1)Nc1ccc(OCc2nnc(-c3ccc(Cl)cc3)o2)cc1. The Morgan fingerprint density at radius 1 is 1.00 bits per heavy atom. The molecule has 0 aliphatic heterocycles. The molecule has 162 valence electrons. The largest absolute Gasteiger partial charge is 0.484 e. The van der Waals surface area contributed by atoms with Gasteiger partial charge in [-0.15, -0.1) is 10.2 Å². The number of ether oxygens (including phenoxy) is 1. The highest BCUT2D eigenvalue weighted by atomic mass is 35.5. The number of aromatic nitrogens is 2. The van der Waals surface area contributed by atoms with Crippen LogP contribution in [0.4, 0.5) is 5.69 Å². The van der Waals surface area contributed by atoms with Crippen molar-refractivity contribution in [1.29, 1.82) is 0 Å². The van der Waals surface area contributed by atoms with Gasteiger partial charge in [-0.05, 0) is 60.7 Å². The molecule has 0 saturated heterocycles. The molecule has 2 amide bonds. The van der Waals surface area contributed by atoms with E-state index in [0.29, 0.717) is 28.2 Å². The first kappa shape index (κ1) is 21.1. The zero-order chi connectivity index (χ0) is 22.3. The second kappa shape index (κ2) is 9.80. The molecular formula is C22H17ClN4O5. The molecule has 2 aromatic heterocycles. The van der Waals surface area contributed by atoms with Gasteiger partial charge in [-0.2, -0.15) is 0 Å². The molecule has 0 fully saturated rings. The van der Waals surface area contributed by atoms with E-state index >= 15 is 0 Å². The number of rotatable bonds is 8. The van der Waals surface area contributed by atoms with Gasteiger partial charge in [-0.3, -0.25) is 9.59 Å². The Kier molecular flexibility index (Phi) is 6.47. The molecule has 0 bridgehead atoms. The van der Waals surface area contributed by atoms with E-state index in [1.54, 1.807) is 54.6 Å². The van der Waals surface area contributed by atoms with Crippen molar-refractivity contribution >= 4 is 29.1 Å². The number of furan rings is 1. The van der Waals surface area contributed by atoms with Crippen LogP contribution in [0.3, 0.4) is 0 Å². The van der Waals surface area contributed by atoms with Gasteiger partial charge in [-0.25, -0.2) is 0 Å². The van der Waals surface area contributed by atoms with Crippen LogP contribution in [0, 0.1) is 0 Å². The molecule has 4 aromatic rings. The van der Waals surface area contributed by atoms with E-state index in [9.17, 15) is 9.59 Å². The van der Waals surface area contributed by atoms with Crippen molar-refractivity contribution in [2.24, 2.45) is 0 Å². The van der Waals surface area contributed by atoms with Gasteiger partial charge < -0.3 is 24.2 Å². The smallest absolute Gasteiger partial charge is 0.287 e. The first-order valence-corrected chi connectivity index (χ1v) is 9.87. The molecule has 0 unspecified atom stereocenters. The number of carbonyl (C=O) groups excluding carboxylic acids is 2. The third-order valence-corrected chi connectivity index (χ3v) is 4.46. The van der Waals surface area contributed by atoms with Crippen LogP contribution < -0.4 is 15.4 Å². The molecule has 10 heteroatoms. The number of nitrogens with one attached hydrogen (secondary N) is 2. The minimum Gasteiger partial charge on any atom is -0.484 e. The summed E-state index contributed by atoms with van der Waals surface area (Å²) in [4.78, 5) is 23.8. The lowest BCUT2D eigenvalue weighted by Gasteiger charge is -2.08. The lowest BCUT2D eigenvalue weighted by atomic mass is 10.2. The average molecular weight is 453 g/mol. The van der Waals surface area contributed by atoms with Crippen molar-refractivity contribution in [3.63, 3.8) is 0 Å². The van der Waals surface area contributed by atoms with Crippen LogP contribution in [-0.2, 0) is 11.4 Å². The highest BCUT2D eigenvalue weighted by molar-refractivity contribution is 6.30. The van der Waals surface area contributed by atoms with E-state index in [1.807, 2.05) is 0 Å². The van der Waals surface area contributed by atoms with E-state index < -0.39 is 5.91 Å². The summed E-state index contributed by atoms with van der Waals surface area (Å²) >= 11 is 5.88. The Balaban J connectivity index is 1.24. The molecule has 4 rings (SSSR count). The quantitative estimate of drug-likeness (QED) is 0.415. The van der Waals surface area contributed by atoms with Gasteiger partial charge in [0.05, 0.1) is 12.8 Å². The average Bonchev–Trinajstić information content (AvgIpc) is 3.50. The summed E-state index contributed by atoms with van der Waals surface area (Å²) < 4.78 is 16.2. The first-order chi connectivity index (χ1) is 15.6. The number of anilines is 1. The second-order valence-corrected chi connectivity index (χ2v) is 6.97. The Bertz CT molecular complexity index is 1190. The van der Waals surface area contributed by atoms with Crippen LogP contribution >= 0.6 is 11.6 Å². The van der Waals surface area contributed by atoms with Crippen molar-refractivity contribution in [3.8, 4) is 17.2 Å². The second-order valence-electron chi connectivity index (χ2n) is 6.53. The fourth-order valence-corrected chi connectivity index (χ4v) is 2.79. The highest BCUT2D eigenvalue weighted by Gasteiger charge is 2.11. The van der Waals surface area contributed by atoms with Gasteiger partial charge in [0.2, 0.25) is 11.8 Å². The van der Waals surface area contributed by atoms with Crippen LogP contribution in [0.25, 0.3) is 11.5 Å². The Morgan fingerprint density at radius 3 is 2.50 bits per heavy atom. The van der Waals surface area contributed by atoms with Crippen LogP contribution in [0.5, 0.6) is 5.75 Å². The van der Waals surface area contributed by atoms with Crippen molar-refractivity contribution < 1.29 is 23.2 Å². The molecule has 9 nitrogen and oxygen atoms in total. The lowest BCUT2D eigenvalue weighted by molar-refractivity contribution is -0.115. The summed E-state index contributed by atoms with van der Waals surface area (Å²) in [6, 6.07) is 16.9. The molecule has 0 aliphatic carbocycles. The molecule has 0 radical (unpaired) electrons. The number of nitrogens with zero attached hydrogens (tertiary/aromatic N) is 2. The molecule has 2 heterocycles. The normalized spacial score (nSPS) is 10.5. The number of benzene rings is 2. The maximum absolute atomic E-state index is 12.0. The Hall–Kier alpha value is -4.11. The molecule has 2 aromatic carbocycles. The monoisotopic (exact) mass is 452 g/mol. The van der Waals surface area contributed by atoms with Gasteiger partial charge in [0.15, 0.2) is 12.4 Å². The summed E-state index contributed by atoms with van der Waals surface area (Å²) in [5.74, 6) is 0.548. The van der Waals surface area contributed by atoms with Crippen LogP contribution in [0.1, 0.15) is 16.4 Å². The fraction of sp³-hybridized carbons (Fsp3) is 0.0909. The molecule has 0 aliphatic rings. The highest BCUT2D eigenvalue weighted by Crippen LogP contribution is 2.21. The zero-order valence-electron chi connectivity index (χ0n) is 16.6. The molecule has 0 atom stereocenters. The Labute approximate surface area is 187 Å². The topological polar surface area (TPSA) is 119 Å². The van der Waals surface area contributed by atoms with Crippen LogP contribution in [-0.4, -0.2) is 28.6 Å². The zero-order valence-corrected chi connectivity index (χ0v) is 17.3. The van der Waals surface area contributed by atoms with E-state index in [4.69, 9.17) is 25.2 Å². The Morgan fingerprint density at radius 2 is 1.78 bits per heavy atom. The van der Waals surface area contributed by atoms with Gasteiger partial charge in [0.1, 0.15) is 5.75 Å². The number of halogens is 1. The minimum absolute atomic E-state index is 0.0884. The number of hydrogen-bond acceptors (Lipinski definition) is 7. The minimum atomic E-state index is -0.464. The van der Waals surface area contributed by atoms with Crippen molar-refractivity contribution in [2.45, 2.75) is 6.61 Å². The van der Waals surface area contributed by atoms with E-state index in [1.165, 1.54) is 12.3 Å². The van der Waals surface area contributed by atoms with Gasteiger partial charge in [-0.1, -0.05) is 11.6 Å². The number of hydrogen-bond donors (Lipinski definition) is 2. The molecule has 2 N–H and O–H groups in total. The van der Waals surface area contributed by atoms with E-state index in [2.05, 4.69) is 20.8 Å². The fourth-order valence-electron chi connectivity index (χ4n) is 2.66. The molecule has 32 heavy (non-hydrogen) atoms. The predicted molar refractivity (Wildman–Crippen MR) is 115 cm³/mol. The van der Waals surface area contributed by atoms with Gasteiger partial charge in [0, 0.05) is 16.3 Å². The molecular weight excluding hydrogens is 436 g/mol. The maximum Gasteiger partial charge on any atom is 0.287 e. The van der Waals surface area contributed by atoms with Crippen molar-refractivity contribution in [1.82, 2.24) is 15.5 Å². The molecule has 0 saturated carbocycles. The van der Waals surface area contributed by atoms with Gasteiger partial charge >= 0.3 is 0 Å². The molecule has 0 spiro atoms. The lowest BCUT2D eigenvalue weighted by Crippen LogP contribution is -2.32. The number of amides is 2. The number of carbonyl (C=O) groups is 2. The van der Waals surface area contributed by atoms with Crippen LogP contribution in [0.15, 0.2) is 75.8 Å². The predicted octanol–water partition coefficient (Wildman–Crippen LogP) is 3.93. The summed E-state index contributed by atoms with van der Waals surface area (Å²) in [7, 11) is 0. The van der Waals surface area contributed by atoms with Crippen molar-refractivity contribution in [2.75, 3.05) is 11.9 Å². The maximum atomic E-state index is 12.0. The standard InChI is InChI=1S/C22H17ClN4O5/c23-15-5-3-14(4-6-15)22-27-26-20(32-22)13-31-17-9-7-16(8-10-17)25-19(28)12-24-21(29)18-2-1-11-30-18/h1-11H,12-13H2,(H,24,29)(H,25,28). The third kappa shape index (κ3) is 5.52. The third-order valence-electron chi connectivity index (χ3n) is 4.21. The summed E-state index contributed by atoms with van der Waals surface area (Å²) in [6.07, 6.45) is 1.38. The summed E-state index contributed by atoms with van der Waals surface area (Å²) in [5, 5.41) is 13.7. The van der Waals surface area contributed by atoms with Crippen LogP contribution in [0.2, 0.25) is 5.02 Å².